The van der Waals surface area contributed by atoms with Crippen LogP contribution in [0.15, 0.2) is 29.2 Å². The zero-order valence-electron chi connectivity index (χ0n) is 11.1. The first-order valence-electron chi connectivity index (χ1n) is 6.39. The molecule has 0 saturated carbocycles. The van der Waals surface area contributed by atoms with Gasteiger partial charge < -0.3 is 0 Å². The number of hydrogen-bond acceptors (Lipinski definition) is 4. The van der Waals surface area contributed by atoms with Gasteiger partial charge in [0.25, 0.3) is 0 Å². The molecule has 2 saturated heterocycles. The third-order valence-electron chi connectivity index (χ3n) is 3.74. The standard InChI is InChI=1S/C13H18N2O3S/c1-10-3-5-12(6-4-10)19(16,17)15-8-11-7-13(2,9-15)18-14-11/h3-6,11,14H,7-9H2,1-2H3. The quantitative estimate of drug-likeness (QED) is 0.881. The van der Waals surface area contributed by atoms with Gasteiger partial charge in [0, 0.05) is 19.1 Å². The first-order valence-corrected chi connectivity index (χ1v) is 7.83. The number of hydroxylamine groups is 1. The van der Waals surface area contributed by atoms with Gasteiger partial charge in [-0.15, -0.1) is 0 Å². The van der Waals surface area contributed by atoms with Crippen molar-refractivity contribution >= 4 is 10.0 Å². The number of sulfonamides is 1. The number of fused-ring (bicyclic) bond motifs is 2. The maximum Gasteiger partial charge on any atom is 0.243 e. The van der Waals surface area contributed by atoms with Gasteiger partial charge >= 0.3 is 0 Å². The average Bonchev–Trinajstić information content (AvgIpc) is 2.63. The highest BCUT2D eigenvalue weighted by atomic mass is 32.2. The average molecular weight is 282 g/mol. The maximum absolute atomic E-state index is 12.6. The number of aryl methyl sites for hydroxylation is 1. The summed E-state index contributed by atoms with van der Waals surface area (Å²) < 4.78 is 26.7. The number of rotatable bonds is 2. The minimum atomic E-state index is -3.43. The molecule has 3 rings (SSSR count). The fourth-order valence-electron chi connectivity index (χ4n) is 2.75. The maximum atomic E-state index is 12.6. The van der Waals surface area contributed by atoms with Crippen LogP contribution in [0.25, 0.3) is 0 Å². The number of nitrogens with one attached hydrogen (secondary N) is 1. The van der Waals surface area contributed by atoms with E-state index in [4.69, 9.17) is 4.84 Å². The SMILES string of the molecule is Cc1ccc(S(=O)(=O)N2CC3CC(C)(C2)ON3)cc1. The molecule has 2 aliphatic heterocycles. The molecule has 2 bridgehead atoms. The van der Waals surface area contributed by atoms with Crippen LogP contribution >= 0.6 is 0 Å². The van der Waals surface area contributed by atoms with Gasteiger partial charge in [0.1, 0.15) is 5.60 Å². The van der Waals surface area contributed by atoms with Crippen molar-refractivity contribution in [3.63, 3.8) is 0 Å². The summed E-state index contributed by atoms with van der Waals surface area (Å²) in [6.07, 6.45) is 0.854. The predicted molar refractivity (Wildman–Crippen MR) is 71.0 cm³/mol. The smallest absolute Gasteiger partial charge is 0.243 e. The van der Waals surface area contributed by atoms with Crippen LogP contribution in [-0.2, 0) is 14.9 Å². The van der Waals surface area contributed by atoms with Crippen LogP contribution < -0.4 is 5.48 Å². The van der Waals surface area contributed by atoms with Crippen molar-refractivity contribution in [2.75, 3.05) is 13.1 Å². The molecule has 0 aromatic heterocycles. The third kappa shape index (κ3) is 2.29. The van der Waals surface area contributed by atoms with E-state index in [0.717, 1.165) is 12.0 Å². The van der Waals surface area contributed by atoms with Crippen molar-refractivity contribution in [3.05, 3.63) is 29.8 Å². The molecular weight excluding hydrogens is 264 g/mol. The normalized spacial score (nSPS) is 31.6. The van der Waals surface area contributed by atoms with Crippen molar-refractivity contribution in [2.45, 2.75) is 36.8 Å². The van der Waals surface area contributed by atoms with Gasteiger partial charge in [0.15, 0.2) is 0 Å². The Balaban J connectivity index is 1.91. The Kier molecular flexibility index (Phi) is 2.94. The van der Waals surface area contributed by atoms with E-state index in [1.807, 2.05) is 26.0 Å². The molecule has 0 spiro atoms. The van der Waals surface area contributed by atoms with Crippen LogP contribution in [0.1, 0.15) is 18.9 Å². The van der Waals surface area contributed by atoms with E-state index in [-0.39, 0.29) is 6.04 Å². The van der Waals surface area contributed by atoms with E-state index in [1.54, 1.807) is 12.1 Å². The van der Waals surface area contributed by atoms with Gasteiger partial charge in [0.05, 0.1) is 4.90 Å². The summed E-state index contributed by atoms with van der Waals surface area (Å²) in [5, 5.41) is 0. The van der Waals surface area contributed by atoms with E-state index in [2.05, 4.69) is 5.48 Å². The van der Waals surface area contributed by atoms with E-state index in [9.17, 15) is 8.42 Å². The molecule has 104 valence electrons. The first kappa shape index (κ1) is 13.1. The lowest BCUT2D eigenvalue weighted by Crippen LogP contribution is -2.50. The molecule has 0 aliphatic carbocycles. The summed E-state index contributed by atoms with van der Waals surface area (Å²) in [7, 11) is -3.43. The number of piperidine rings is 1. The lowest BCUT2D eigenvalue weighted by Gasteiger charge is -2.34. The van der Waals surface area contributed by atoms with Crippen LogP contribution in [-0.4, -0.2) is 37.5 Å². The van der Waals surface area contributed by atoms with Gasteiger partial charge in [-0.25, -0.2) is 8.42 Å². The van der Waals surface area contributed by atoms with Crippen LogP contribution in [0.5, 0.6) is 0 Å². The minimum absolute atomic E-state index is 0.0824. The lowest BCUT2D eigenvalue weighted by atomic mass is 9.95. The van der Waals surface area contributed by atoms with Gasteiger partial charge in [0.2, 0.25) is 10.0 Å². The zero-order chi connectivity index (χ0) is 13.7. The highest BCUT2D eigenvalue weighted by molar-refractivity contribution is 7.89. The molecule has 2 atom stereocenters. The number of nitrogens with zero attached hydrogens (tertiary/aromatic N) is 1. The van der Waals surface area contributed by atoms with Crippen LogP contribution in [0.4, 0.5) is 0 Å². The molecule has 6 heteroatoms. The Bertz CT molecular complexity index is 584. The molecule has 5 nitrogen and oxygen atoms in total. The largest absolute Gasteiger partial charge is 0.294 e. The molecule has 2 aliphatic rings. The van der Waals surface area contributed by atoms with E-state index >= 15 is 0 Å². The highest BCUT2D eigenvalue weighted by Crippen LogP contribution is 2.32. The number of benzene rings is 1. The topological polar surface area (TPSA) is 58.6 Å². The molecular formula is C13H18N2O3S. The molecule has 0 radical (unpaired) electrons. The second-order valence-corrected chi connectivity index (χ2v) is 7.62. The van der Waals surface area contributed by atoms with Crippen LogP contribution in [0.3, 0.4) is 0 Å². The first-order chi connectivity index (χ1) is 8.89. The Morgan fingerprint density at radius 3 is 2.68 bits per heavy atom. The Morgan fingerprint density at radius 1 is 1.37 bits per heavy atom. The van der Waals surface area contributed by atoms with Crippen molar-refractivity contribution in [3.8, 4) is 0 Å². The van der Waals surface area contributed by atoms with E-state index in [1.165, 1.54) is 4.31 Å². The summed E-state index contributed by atoms with van der Waals surface area (Å²) in [4.78, 5) is 5.84. The van der Waals surface area contributed by atoms with Crippen molar-refractivity contribution in [1.82, 2.24) is 9.79 Å². The second-order valence-electron chi connectivity index (χ2n) is 5.68. The predicted octanol–water partition coefficient (Wildman–Crippen LogP) is 1.05. The van der Waals surface area contributed by atoms with Crippen LogP contribution in [0, 0.1) is 6.92 Å². The van der Waals surface area contributed by atoms with Crippen molar-refractivity contribution in [1.29, 1.82) is 0 Å². The minimum Gasteiger partial charge on any atom is -0.294 e. The molecule has 0 amide bonds. The van der Waals surface area contributed by atoms with E-state index in [0.29, 0.717) is 18.0 Å². The summed E-state index contributed by atoms with van der Waals surface area (Å²) in [5.41, 5.74) is 3.55. The Morgan fingerprint density at radius 2 is 2.05 bits per heavy atom. The van der Waals surface area contributed by atoms with Crippen LogP contribution in [0.2, 0.25) is 0 Å². The van der Waals surface area contributed by atoms with Crippen molar-refractivity contribution < 1.29 is 13.3 Å². The highest BCUT2D eigenvalue weighted by Gasteiger charge is 2.46. The fourth-order valence-corrected chi connectivity index (χ4v) is 4.35. The molecule has 2 fully saturated rings. The summed E-state index contributed by atoms with van der Waals surface area (Å²) in [6.45, 7) is 4.74. The molecule has 2 unspecified atom stereocenters. The van der Waals surface area contributed by atoms with Gasteiger partial charge in [-0.3, -0.25) is 4.84 Å². The zero-order valence-corrected chi connectivity index (χ0v) is 11.9. The third-order valence-corrected chi connectivity index (χ3v) is 5.57. The molecule has 1 aromatic rings. The molecule has 2 heterocycles. The van der Waals surface area contributed by atoms with E-state index < -0.39 is 15.6 Å². The second kappa shape index (κ2) is 4.28. The monoisotopic (exact) mass is 282 g/mol. The lowest BCUT2D eigenvalue weighted by molar-refractivity contribution is -0.0408. The molecule has 1 aromatic carbocycles. The van der Waals surface area contributed by atoms with Crippen molar-refractivity contribution in [2.24, 2.45) is 0 Å². The fraction of sp³-hybridized carbons (Fsp3) is 0.538. The van der Waals surface area contributed by atoms with Gasteiger partial charge in [-0.1, -0.05) is 17.7 Å². The van der Waals surface area contributed by atoms with Gasteiger partial charge in [-0.2, -0.15) is 9.79 Å². The Labute approximate surface area is 113 Å². The molecule has 1 N–H and O–H groups in total. The molecule has 19 heavy (non-hydrogen) atoms. The Hall–Kier alpha value is -0.950. The summed E-state index contributed by atoms with van der Waals surface area (Å²) in [6, 6.07) is 7.05. The number of hydrogen-bond donors (Lipinski definition) is 1. The summed E-state index contributed by atoms with van der Waals surface area (Å²) >= 11 is 0. The summed E-state index contributed by atoms with van der Waals surface area (Å²) in [5.74, 6) is 0. The van der Waals surface area contributed by atoms with Gasteiger partial charge in [-0.05, 0) is 32.4 Å².